The van der Waals surface area contributed by atoms with Gasteiger partial charge in [-0.3, -0.25) is 9.80 Å². The van der Waals surface area contributed by atoms with Crippen LogP contribution in [-0.4, -0.2) is 46.2 Å². The maximum absolute atomic E-state index is 11.0. The second kappa shape index (κ2) is 6.24. The molecule has 0 spiro atoms. The van der Waals surface area contributed by atoms with E-state index >= 15 is 0 Å². The van der Waals surface area contributed by atoms with Gasteiger partial charge in [0.2, 0.25) is 0 Å². The van der Waals surface area contributed by atoms with Crippen molar-refractivity contribution in [3.8, 4) is 0 Å². The lowest BCUT2D eigenvalue weighted by Gasteiger charge is -2.43. The Kier molecular flexibility index (Phi) is 3.89. The third-order valence-electron chi connectivity index (χ3n) is 6.52. The smallest absolute Gasteiger partial charge is 0.0853 e. The summed E-state index contributed by atoms with van der Waals surface area (Å²) < 4.78 is 0. The van der Waals surface area contributed by atoms with Crippen LogP contribution >= 0.6 is 0 Å². The lowest BCUT2D eigenvalue weighted by molar-refractivity contribution is -0.0262. The number of piperidine rings is 1. The molecule has 5 rings (SSSR count). The number of aliphatic hydroxyl groups excluding tert-OH is 1. The van der Waals surface area contributed by atoms with E-state index in [9.17, 15) is 5.11 Å². The highest BCUT2D eigenvalue weighted by Crippen LogP contribution is 2.42. The van der Waals surface area contributed by atoms with Gasteiger partial charge in [-0.15, -0.1) is 0 Å². The molecular formula is C22H26N2O. The van der Waals surface area contributed by atoms with Crippen LogP contribution < -0.4 is 0 Å². The van der Waals surface area contributed by atoms with Crippen LogP contribution in [-0.2, 0) is 19.5 Å². The van der Waals surface area contributed by atoms with Crippen LogP contribution in [0.4, 0.5) is 0 Å². The van der Waals surface area contributed by atoms with Gasteiger partial charge in [0.05, 0.1) is 6.10 Å². The Bertz CT molecular complexity index is 745. The molecule has 1 aliphatic carbocycles. The monoisotopic (exact) mass is 334 g/mol. The molecular weight excluding hydrogens is 308 g/mol. The molecule has 130 valence electrons. The van der Waals surface area contributed by atoms with Crippen LogP contribution in [0, 0.1) is 5.92 Å². The molecule has 2 bridgehead atoms. The Morgan fingerprint density at radius 2 is 1.72 bits per heavy atom. The van der Waals surface area contributed by atoms with E-state index in [0.717, 1.165) is 39.0 Å². The normalized spacial score (nSPS) is 32.0. The van der Waals surface area contributed by atoms with E-state index < -0.39 is 0 Å². The van der Waals surface area contributed by atoms with E-state index in [1.807, 2.05) is 0 Å². The summed E-state index contributed by atoms with van der Waals surface area (Å²) in [4.78, 5) is 5.05. The molecule has 2 aromatic rings. The van der Waals surface area contributed by atoms with Crippen LogP contribution in [0.25, 0.3) is 0 Å². The summed E-state index contributed by atoms with van der Waals surface area (Å²) >= 11 is 0. The predicted molar refractivity (Wildman–Crippen MR) is 99.1 cm³/mol. The van der Waals surface area contributed by atoms with Crippen molar-refractivity contribution in [2.75, 3.05) is 13.1 Å². The highest BCUT2D eigenvalue weighted by Gasteiger charge is 2.53. The molecule has 2 unspecified atom stereocenters. The lowest BCUT2D eigenvalue weighted by Crippen LogP contribution is -2.55. The lowest BCUT2D eigenvalue weighted by atomic mass is 9.93. The fourth-order valence-electron chi connectivity index (χ4n) is 5.37. The van der Waals surface area contributed by atoms with Crippen molar-refractivity contribution in [1.82, 2.24) is 9.80 Å². The van der Waals surface area contributed by atoms with Gasteiger partial charge in [-0.2, -0.15) is 0 Å². The van der Waals surface area contributed by atoms with Gasteiger partial charge in [0.1, 0.15) is 0 Å². The third kappa shape index (κ3) is 2.71. The second-order valence-electron chi connectivity index (χ2n) is 7.95. The topological polar surface area (TPSA) is 26.7 Å². The van der Waals surface area contributed by atoms with Crippen molar-refractivity contribution in [3.63, 3.8) is 0 Å². The van der Waals surface area contributed by atoms with Gasteiger partial charge in [-0.25, -0.2) is 0 Å². The molecule has 3 nitrogen and oxygen atoms in total. The van der Waals surface area contributed by atoms with Gasteiger partial charge >= 0.3 is 0 Å². The molecule has 0 radical (unpaired) electrons. The largest absolute Gasteiger partial charge is 0.390 e. The Hall–Kier alpha value is -1.68. The van der Waals surface area contributed by atoms with E-state index in [1.54, 1.807) is 0 Å². The molecule has 1 saturated heterocycles. The predicted octanol–water partition coefficient (Wildman–Crippen LogP) is 2.68. The van der Waals surface area contributed by atoms with Crippen LogP contribution in [0.3, 0.4) is 0 Å². The molecule has 2 aromatic carbocycles. The fraction of sp³-hybridized carbons (Fsp3) is 0.455. The molecule has 2 heterocycles. The average Bonchev–Trinajstić information content (AvgIpc) is 3.19. The van der Waals surface area contributed by atoms with Crippen LogP contribution in [0.5, 0.6) is 0 Å². The van der Waals surface area contributed by atoms with Gasteiger partial charge in [0.15, 0.2) is 0 Å². The number of hydrogen-bond acceptors (Lipinski definition) is 3. The zero-order valence-electron chi connectivity index (χ0n) is 14.6. The molecule has 2 aliphatic heterocycles. The van der Waals surface area contributed by atoms with Crippen molar-refractivity contribution in [1.29, 1.82) is 0 Å². The highest BCUT2D eigenvalue weighted by molar-refractivity contribution is 5.29. The van der Waals surface area contributed by atoms with E-state index in [1.165, 1.54) is 16.7 Å². The van der Waals surface area contributed by atoms with E-state index in [0.29, 0.717) is 18.0 Å². The molecule has 1 saturated carbocycles. The van der Waals surface area contributed by atoms with Crippen molar-refractivity contribution < 1.29 is 5.11 Å². The summed E-state index contributed by atoms with van der Waals surface area (Å²) in [5.74, 6) is 0.606. The molecule has 3 aliphatic rings. The first-order chi connectivity index (χ1) is 12.3. The minimum absolute atomic E-state index is 0.215. The summed E-state index contributed by atoms with van der Waals surface area (Å²) in [6.07, 6.45) is 2.05. The Morgan fingerprint density at radius 3 is 2.52 bits per heavy atom. The number of fused-ring (bicyclic) bond motifs is 3. The number of nitrogens with zero attached hydrogens (tertiary/aromatic N) is 2. The molecule has 0 amide bonds. The van der Waals surface area contributed by atoms with E-state index in [4.69, 9.17) is 0 Å². The summed E-state index contributed by atoms with van der Waals surface area (Å²) in [5, 5.41) is 11.0. The quantitative estimate of drug-likeness (QED) is 0.935. The summed E-state index contributed by atoms with van der Waals surface area (Å²) in [7, 11) is 0. The molecule has 3 heteroatoms. The molecule has 4 atom stereocenters. The van der Waals surface area contributed by atoms with Crippen molar-refractivity contribution in [3.05, 3.63) is 71.3 Å². The Morgan fingerprint density at radius 1 is 0.960 bits per heavy atom. The molecule has 25 heavy (non-hydrogen) atoms. The molecule has 2 fully saturated rings. The van der Waals surface area contributed by atoms with Crippen LogP contribution in [0.15, 0.2) is 54.6 Å². The first-order valence-electron chi connectivity index (χ1n) is 9.56. The number of rotatable bonds is 3. The van der Waals surface area contributed by atoms with Crippen LogP contribution in [0.1, 0.15) is 23.1 Å². The summed E-state index contributed by atoms with van der Waals surface area (Å²) in [5.41, 5.74) is 4.29. The summed E-state index contributed by atoms with van der Waals surface area (Å²) in [6.45, 7) is 4.18. The van der Waals surface area contributed by atoms with E-state index in [2.05, 4.69) is 64.4 Å². The number of aliphatic hydroxyl groups is 1. The zero-order valence-corrected chi connectivity index (χ0v) is 14.6. The Balaban J connectivity index is 1.29. The first kappa shape index (κ1) is 15.6. The second-order valence-corrected chi connectivity index (χ2v) is 7.95. The van der Waals surface area contributed by atoms with Gasteiger partial charge in [-0.1, -0.05) is 54.6 Å². The first-order valence-corrected chi connectivity index (χ1v) is 9.56. The van der Waals surface area contributed by atoms with Crippen molar-refractivity contribution in [2.24, 2.45) is 5.92 Å². The van der Waals surface area contributed by atoms with Crippen molar-refractivity contribution in [2.45, 2.75) is 44.1 Å². The van der Waals surface area contributed by atoms with Gasteiger partial charge in [0, 0.05) is 38.3 Å². The minimum Gasteiger partial charge on any atom is -0.390 e. The van der Waals surface area contributed by atoms with Gasteiger partial charge in [0.25, 0.3) is 0 Å². The SMILES string of the molecule is OC1C(N2CCc3ccccc3C2)[C@@H]2C[C@H]1N(Cc1ccccc1)C2. The number of benzene rings is 2. The van der Waals surface area contributed by atoms with Crippen molar-refractivity contribution >= 4 is 0 Å². The highest BCUT2D eigenvalue weighted by atomic mass is 16.3. The van der Waals surface area contributed by atoms with E-state index in [-0.39, 0.29) is 6.10 Å². The minimum atomic E-state index is -0.215. The maximum Gasteiger partial charge on any atom is 0.0853 e. The summed E-state index contributed by atoms with van der Waals surface area (Å²) in [6, 6.07) is 20.1. The Labute approximate surface area is 149 Å². The molecule has 0 aromatic heterocycles. The standard InChI is InChI=1S/C22H26N2O/c25-22-20-12-19(15-24(20)13-16-6-2-1-3-7-16)21(22)23-11-10-17-8-4-5-9-18(17)14-23/h1-9,19-22,25H,10-15H2/t19-,20-,21?,22?/m1/s1. The van der Waals surface area contributed by atoms with Gasteiger partial charge < -0.3 is 5.11 Å². The zero-order chi connectivity index (χ0) is 16.8. The third-order valence-corrected chi connectivity index (χ3v) is 6.52. The maximum atomic E-state index is 11.0. The van der Waals surface area contributed by atoms with Gasteiger partial charge in [-0.05, 0) is 35.4 Å². The molecule has 1 N–H and O–H groups in total. The average molecular weight is 334 g/mol. The fourth-order valence-corrected chi connectivity index (χ4v) is 5.37. The number of hydrogen-bond donors (Lipinski definition) is 1. The number of likely N-dealkylation sites (tertiary alicyclic amines) is 1. The van der Waals surface area contributed by atoms with Crippen LogP contribution in [0.2, 0.25) is 0 Å².